The van der Waals surface area contributed by atoms with Gasteiger partial charge in [-0.15, -0.1) is 0 Å². The maximum Gasteiger partial charge on any atom is 0.271 e. The molecule has 0 saturated carbocycles. The molecule has 1 heterocycles. The number of rotatable bonds is 1. The van der Waals surface area contributed by atoms with Crippen molar-refractivity contribution < 1.29 is 13.2 Å². The summed E-state index contributed by atoms with van der Waals surface area (Å²) in [6.07, 6.45) is 1.35. The Morgan fingerprint density at radius 3 is 2.89 bits per heavy atom. The van der Waals surface area contributed by atoms with E-state index < -0.39 is 6.08 Å². The molecule has 0 aliphatic rings. The van der Waals surface area contributed by atoms with Crippen LogP contribution in [0.2, 0.25) is 0 Å². The molecule has 47 valence electrons. The van der Waals surface area contributed by atoms with Crippen molar-refractivity contribution in [2.45, 2.75) is 0 Å². The fourth-order valence-electron chi connectivity index (χ4n) is 0.437. The summed E-state index contributed by atoms with van der Waals surface area (Å²) in [7, 11) is 0. The Hall–Kier alpha value is -1.12. The molecule has 1 aromatic rings. The first-order valence-electron chi connectivity index (χ1n) is 2.25. The van der Waals surface area contributed by atoms with Crippen molar-refractivity contribution in [2.24, 2.45) is 0 Å². The van der Waals surface area contributed by atoms with Gasteiger partial charge in [-0.2, -0.15) is 8.78 Å². The van der Waals surface area contributed by atoms with E-state index >= 15 is 0 Å². The molecule has 0 saturated heterocycles. The molecule has 0 unspecified atom stereocenters. The summed E-state index contributed by atoms with van der Waals surface area (Å²) < 4.78 is 27.3. The van der Waals surface area contributed by atoms with Crippen molar-refractivity contribution in [3.63, 3.8) is 0 Å². The Labute approximate surface area is 50.6 Å². The zero-order valence-corrected chi connectivity index (χ0v) is 4.40. The molecule has 1 nitrogen and oxygen atoms in total. The molecule has 0 aromatic carbocycles. The largest absolute Gasteiger partial charge is 0.471 e. The van der Waals surface area contributed by atoms with Gasteiger partial charge in [0.2, 0.25) is 0 Å². The van der Waals surface area contributed by atoms with Crippen molar-refractivity contribution >= 4 is 6.08 Å². The van der Waals surface area contributed by atoms with Crippen LogP contribution in [0.1, 0.15) is 5.56 Å². The highest BCUT2D eigenvalue weighted by Crippen LogP contribution is 2.07. The third-order valence-electron chi connectivity index (χ3n) is 0.753. The van der Waals surface area contributed by atoms with Crippen LogP contribution in [0.15, 0.2) is 23.0 Å². The summed E-state index contributed by atoms with van der Waals surface area (Å²) in [4.78, 5) is 0. The van der Waals surface area contributed by atoms with E-state index in [1.165, 1.54) is 12.5 Å². The van der Waals surface area contributed by atoms with E-state index in [0.717, 1.165) is 0 Å². The zero-order chi connectivity index (χ0) is 6.69. The molecule has 0 aliphatic heterocycles. The lowest BCUT2D eigenvalue weighted by Gasteiger charge is -1.75. The van der Waals surface area contributed by atoms with Gasteiger partial charge >= 0.3 is 0 Å². The molecule has 1 radical (unpaired) electrons. The highest BCUT2D eigenvalue weighted by molar-refractivity contribution is 5.46. The lowest BCUT2D eigenvalue weighted by molar-refractivity contribution is 0.429. The lowest BCUT2D eigenvalue weighted by Crippen LogP contribution is -1.60. The molecule has 0 fully saturated rings. The van der Waals surface area contributed by atoms with Gasteiger partial charge in [0.15, 0.2) is 0 Å². The van der Waals surface area contributed by atoms with Crippen molar-refractivity contribution in [2.75, 3.05) is 0 Å². The van der Waals surface area contributed by atoms with Gasteiger partial charge < -0.3 is 4.42 Å². The van der Waals surface area contributed by atoms with E-state index in [0.29, 0.717) is 6.08 Å². The fraction of sp³-hybridized carbons (Fsp3) is 0. The van der Waals surface area contributed by atoms with E-state index in [9.17, 15) is 8.78 Å². The monoisotopic (exact) mass is 129 g/mol. The molecule has 1 aromatic heterocycles. The fourth-order valence-corrected chi connectivity index (χ4v) is 0.437. The van der Waals surface area contributed by atoms with Crippen LogP contribution in [-0.4, -0.2) is 0 Å². The normalized spacial score (nSPS) is 9.11. The predicted octanol–water partition coefficient (Wildman–Crippen LogP) is 2.32. The average molecular weight is 129 g/mol. The van der Waals surface area contributed by atoms with Crippen LogP contribution < -0.4 is 0 Å². The first-order valence-corrected chi connectivity index (χ1v) is 2.25. The Bertz CT molecular complexity index is 197. The summed E-state index contributed by atoms with van der Waals surface area (Å²) in [5, 5.41) is 0. The molecule has 0 N–H and O–H groups in total. The topological polar surface area (TPSA) is 13.1 Å². The van der Waals surface area contributed by atoms with Crippen LogP contribution in [0.25, 0.3) is 6.08 Å². The molecule has 0 spiro atoms. The summed E-state index contributed by atoms with van der Waals surface area (Å²) in [5.41, 5.74) is 0.259. The minimum Gasteiger partial charge on any atom is -0.471 e. The molecular formula is C6H3F2O. The quantitative estimate of drug-likeness (QED) is 0.567. The van der Waals surface area contributed by atoms with Gasteiger partial charge in [-0.1, -0.05) is 0 Å². The first kappa shape index (κ1) is 6.01. The Morgan fingerprint density at radius 1 is 1.67 bits per heavy atom. The van der Waals surface area contributed by atoms with Crippen LogP contribution in [0.3, 0.4) is 0 Å². The maximum atomic E-state index is 11.4. The lowest BCUT2D eigenvalue weighted by atomic mass is 10.3. The van der Waals surface area contributed by atoms with Crippen LogP contribution >= 0.6 is 0 Å². The second-order valence-electron chi connectivity index (χ2n) is 1.41. The number of hydrogen-bond donors (Lipinski definition) is 0. The summed E-state index contributed by atoms with van der Waals surface area (Å²) >= 11 is 0. The van der Waals surface area contributed by atoms with Gasteiger partial charge in [-0.25, -0.2) is 0 Å². The van der Waals surface area contributed by atoms with Crippen molar-refractivity contribution in [1.82, 2.24) is 0 Å². The summed E-state index contributed by atoms with van der Waals surface area (Å²) in [6.45, 7) is 0. The smallest absolute Gasteiger partial charge is 0.271 e. The second kappa shape index (κ2) is 2.44. The summed E-state index contributed by atoms with van der Waals surface area (Å²) in [5.74, 6) is 0. The van der Waals surface area contributed by atoms with E-state index in [4.69, 9.17) is 0 Å². The first-order chi connectivity index (χ1) is 4.29. The SMILES string of the molecule is FC(F)=Cc1[c]coc1. The van der Waals surface area contributed by atoms with Gasteiger partial charge in [0.1, 0.15) is 0 Å². The van der Waals surface area contributed by atoms with Gasteiger partial charge in [0, 0.05) is 17.7 Å². The van der Waals surface area contributed by atoms with Crippen LogP contribution in [0.4, 0.5) is 8.78 Å². The molecule has 0 bridgehead atoms. The van der Waals surface area contributed by atoms with Crippen LogP contribution in [0.5, 0.6) is 0 Å². The van der Waals surface area contributed by atoms with E-state index in [-0.39, 0.29) is 5.56 Å². The van der Waals surface area contributed by atoms with Gasteiger partial charge in [0.05, 0.1) is 12.5 Å². The summed E-state index contributed by atoms with van der Waals surface area (Å²) in [6, 6.07) is 2.45. The highest BCUT2D eigenvalue weighted by Gasteiger charge is 1.91. The van der Waals surface area contributed by atoms with Gasteiger partial charge in [-0.3, -0.25) is 0 Å². The average Bonchev–Trinajstić information content (AvgIpc) is 2.15. The third-order valence-corrected chi connectivity index (χ3v) is 0.753. The van der Waals surface area contributed by atoms with Crippen molar-refractivity contribution in [1.29, 1.82) is 0 Å². The van der Waals surface area contributed by atoms with Crippen LogP contribution in [-0.2, 0) is 0 Å². The molecule has 0 aliphatic carbocycles. The van der Waals surface area contributed by atoms with E-state index in [1.54, 1.807) is 0 Å². The highest BCUT2D eigenvalue weighted by atomic mass is 19.3. The molecule has 9 heavy (non-hydrogen) atoms. The van der Waals surface area contributed by atoms with Crippen molar-refractivity contribution in [3.8, 4) is 0 Å². The molecule has 0 amide bonds. The van der Waals surface area contributed by atoms with E-state index in [1.807, 2.05) is 0 Å². The van der Waals surface area contributed by atoms with Crippen LogP contribution in [0, 0.1) is 6.07 Å². The number of halogens is 2. The standard InChI is InChI=1S/C6H3F2O/c7-6(8)3-5-1-2-9-4-5/h2-4H. The van der Waals surface area contributed by atoms with Gasteiger partial charge in [0.25, 0.3) is 6.08 Å². The second-order valence-corrected chi connectivity index (χ2v) is 1.41. The van der Waals surface area contributed by atoms with E-state index in [2.05, 4.69) is 10.5 Å². The Kier molecular flexibility index (Phi) is 1.63. The molecule has 3 heteroatoms. The minimum atomic E-state index is -1.74. The van der Waals surface area contributed by atoms with Crippen molar-refractivity contribution in [3.05, 3.63) is 30.2 Å². The molecule has 0 atom stereocenters. The molecule has 1 rings (SSSR count). The zero-order valence-electron chi connectivity index (χ0n) is 4.40. The predicted molar refractivity (Wildman–Crippen MR) is 27.7 cm³/mol. The molecular weight excluding hydrogens is 126 g/mol. The number of hydrogen-bond acceptors (Lipinski definition) is 1. The van der Waals surface area contributed by atoms with Gasteiger partial charge in [-0.05, 0) is 0 Å². The Balaban J connectivity index is 2.80. The Morgan fingerprint density at radius 2 is 2.44 bits per heavy atom. The number of furan rings is 1. The maximum absolute atomic E-state index is 11.4. The minimum absolute atomic E-state index is 0.259. The third kappa shape index (κ3) is 1.68.